The number of hydrogen-bond donors (Lipinski definition) is 1. The highest BCUT2D eigenvalue weighted by molar-refractivity contribution is 5.85. The first-order chi connectivity index (χ1) is 5.59. The molecule has 0 spiro atoms. The van der Waals surface area contributed by atoms with Crippen molar-refractivity contribution in [2.45, 2.75) is 32.3 Å². The molecule has 0 radical (unpaired) electrons. The first kappa shape index (κ1) is 9.26. The third-order valence-electron chi connectivity index (χ3n) is 2.31. The van der Waals surface area contributed by atoms with Crippen molar-refractivity contribution < 1.29 is 14.6 Å². The van der Waals surface area contributed by atoms with E-state index in [1.165, 1.54) is 0 Å². The lowest BCUT2D eigenvalue weighted by Gasteiger charge is -2.03. The lowest BCUT2D eigenvalue weighted by Crippen LogP contribution is -2.08. The van der Waals surface area contributed by atoms with E-state index in [2.05, 4.69) is 6.92 Å². The zero-order valence-electron chi connectivity index (χ0n) is 7.46. The van der Waals surface area contributed by atoms with Gasteiger partial charge in [0.25, 0.3) is 0 Å². The minimum absolute atomic E-state index is 0.0310. The van der Waals surface area contributed by atoms with Gasteiger partial charge in [-0.25, -0.2) is 4.79 Å². The van der Waals surface area contributed by atoms with Crippen LogP contribution in [0, 0.1) is 0 Å². The minimum Gasteiger partial charge on any atom is -0.478 e. The molecular formula is C9H14O3. The maximum Gasteiger partial charge on any atom is 0.330 e. The van der Waals surface area contributed by atoms with Crippen molar-refractivity contribution in [1.82, 2.24) is 0 Å². The standard InChI is InChI=1S/C9H14O3/c1-3-9(6-12-9)5-4-7(2)8(10)11/h4H,3,5-6H2,1-2H3,(H,10,11)/b7-4+. The van der Waals surface area contributed by atoms with E-state index in [1.807, 2.05) is 0 Å². The normalized spacial score (nSPS) is 28.7. The molecule has 1 rings (SSSR count). The summed E-state index contributed by atoms with van der Waals surface area (Å²) in [6.45, 7) is 4.43. The van der Waals surface area contributed by atoms with E-state index in [0.717, 1.165) is 19.4 Å². The molecule has 12 heavy (non-hydrogen) atoms. The Morgan fingerprint density at radius 1 is 1.75 bits per heavy atom. The van der Waals surface area contributed by atoms with Gasteiger partial charge in [0.05, 0.1) is 12.2 Å². The summed E-state index contributed by atoms with van der Waals surface area (Å²) in [7, 11) is 0. The molecule has 0 aliphatic carbocycles. The van der Waals surface area contributed by atoms with Crippen molar-refractivity contribution >= 4 is 5.97 Å². The fourth-order valence-electron chi connectivity index (χ4n) is 0.995. The molecule has 0 aromatic heterocycles. The number of carboxylic acids is 1. The summed E-state index contributed by atoms with van der Waals surface area (Å²) < 4.78 is 5.24. The summed E-state index contributed by atoms with van der Waals surface area (Å²) in [5.74, 6) is -0.845. The SMILES string of the molecule is CCC1(C/C=C(\C)C(=O)O)CO1. The van der Waals surface area contributed by atoms with Gasteiger partial charge < -0.3 is 9.84 Å². The van der Waals surface area contributed by atoms with Crippen molar-refractivity contribution in [1.29, 1.82) is 0 Å². The Morgan fingerprint density at radius 3 is 2.67 bits per heavy atom. The maximum absolute atomic E-state index is 10.4. The molecule has 1 atom stereocenters. The Bertz CT molecular complexity index is 214. The molecule has 1 N–H and O–H groups in total. The number of aliphatic carboxylic acids is 1. The summed E-state index contributed by atoms with van der Waals surface area (Å²) in [5, 5.41) is 8.56. The monoisotopic (exact) mass is 170 g/mol. The van der Waals surface area contributed by atoms with Gasteiger partial charge in [-0.3, -0.25) is 0 Å². The minimum atomic E-state index is -0.845. The number of carbonyl (C=O) groups is 1. The van der Waals surface area contributed by atoms with Crippen molar-refractivity contribution in [3.63, 3.8) is 0 Å². The van der Waals surface area contributed by atoms with Crippen molar-refractivity contribution in [3.8, 4) is 0 Å². The van der Waals surface area contributed by atoms with Gasteiger partial charge in [0.15, 0.2) is 0 Å². The number of carboxylic acid groups (broad SMARTS) is 1. The van der Waals surface area contributed by atoms with Crippen LogP contribution in [0.1, 0.15) is 26.7 Å². The summed E-state index contributed by atoms with van der Waals surface area (Å²) in [4.78, 5) is 10.4. The van der Waals surface area contributed by atoms with Crippen LogP contribution in [0.2, 0.25) is 0 Å². The van der Waals surface area contributed by atoms with Gasteiger partial charge in [0, 0.05) is 5.57 Å². The highest BCUT2D eigenvalue weighted by Gasteiger charge is 2.41. The Labute approximate surface area is 72.0 Å². The van der Waals surface area contributed by atoms with Crippen LogP contribution in [0.5, 0.6) is 0 Å². The Hall–Kier alpha value is -0.830. The average molecular weight is 170 g/mol. The van der Waals surface area contributed by atoms with Crippen molar-refractivity contribution in [2.24, 2.45) is 0 Å². The molecule has 1 fully saturated rings. The van der Waals surface area contributed by atoms with Crippen LogP contribution >= 0.6 is 0 Å². The molecule has 0 aromatic carbocycles. The predicted octanol–water partition coefficient (Wildman–Crippen LogP) is 1.59. The third kappa shape index (κ3) is 2.08. The molecule has 0 aromatic rings. The predicted molar refractivity (Wildman–Crippen MR) is 45.0 cm³/mol. The second-order valence-corrected chi connectivity index (χ2v) is 3.22. The third-order valence-corrected chi connectivity index (χ3v) is 2.31. The zero-order chi connectivity index (χ0) is 9.19. The van der Waals surface area contributed by atoms with E-state index in [9.17, 15) is 4.79 Å². The summed E-state index contributed by atoms with van der Waals surface area (Å²) in [5.41, 5.74) is 0.370. The molecule has 3 nitrogen and oxygen atoms in total. The van der Waals surface area contributed by atoms with E-state index in [4.69, 9.17) is 9.84 Å². The van der Waals surface area contributed by atoms with Gasteiger partial charge >= 0.3 is 5.97 Å². The molecule has 0 saturated carbocycles. The molecule has 1 aliphatic rings. The van der Waals surface area contributed by atoms with E-state index >= 15 is 0 Å². The lowest BCUT2D eigenvalue weighted by atomic mass is 10.0. The van der Waals surface area contributed by atoms with E-state index < -0.39 is 5.97 Å². The van der Waals surface area contributed by atoms with Crippen LogP contribution in [-0.2, 0) is 9.53 Å². The molecule has 0 amide bonds. The highest BCUT2D eigenvalue weighted by Crippen LogP contribution is 2.34. The van der Waals surface area contributed by atoms with Crippen LogP contribution in [-0.4, -0.2) is 23.3 Å². The van der Waals surface area contributed by atoms with Crippen molar-refractivity contribution in [2.75, 3.05) is 6.61 Å². The van der Waals surface area contributed by atoms with Gasteiger partial charge in [0.2, 0.25) is 0 Å². The Morgan fingerprint density at radius 2 is 2.33 bits per heavy atom. The van der Waals surface area contributed by atoms with Gasteiger partial charge in [-0.2, -0.15) is 0 Å². The summed E-state index contributed by atoms with van der Waals surface area (Å²) in [6, 6.07) is 0. The van der Waals surface area contributed by atoms with Gasteiger partial charge in [0.1, 0.15) is 0 Å². The van der Waals surface area contributed by atoms with Crippen LogP contribution in [0.4, 0.5) is 0 Å². The molecule has 3 heteroatoms. The molecule has 1 saturated heterocycles. The van der Waals surface area contributed by atoms with Crippen LogP contribution in [0.3, 0.4) is 0 Å². The van der Waals surface area contributed by atoms with E-state index in [1.54, 1.807) is 13.0 Å². The van der Waals surface area contributed by atoms with Gasteiger partial charge in [-0.1, -0.05) is 13.0 Å². The molecule has 1 aliphatic heterocycles. The first-order valence-corrected chi connectivity index (χ1v) is 4.14. The lowest BCUT2D eigenvalue weighted by molar-refractivity contribution is -0.132. The number of hydrogen-bond acceptors (Lipinski definition) is 2. The fraction of sp³-hybridized carbons (Fsp3) is 0.667. The number of rotatable bonds is 4. The second-order valence-electron chi connectivity index (χ2n) is 3.22. The highest BCUT2D eigenvalue weighted by atomic mass is 16.6. The van der Waals surface area contributed by atoms with E-state index in [-0.39, 0.29) is 5.60 Å². The van der Waals surface area contributed by atoms with E-state index in [0.29, 0.717) is 5.57 Å². The topological polar surface area (TPSA) is 49.8 Å². The van der Waals surface area contributed by atoms with Crippen LogP contribution in [0.15, 0.2) is 11.6 Å². The quantitative estimate of drug-likeness (QED) is 0.515. The smallest absolute Gasteiger partial charge is 0.330 e. The second kappa shape index (κ2) is 3.27. The summed E-state index contributed by atoms with van der Waals surface area (Å²) in [6.07, 6.45) is 3.41. The van der Waals surface area contributed by atoms with Crippen molar-refractivity contribution in [3.05, 3.63) is 11.6 Å². The fourth-order valence-corrected chi connectivity index (χ4v) is 0.995. The maximum atomic E-state index is 10.4. The molecule has 1 unspecified atom stereocenters. The zero-order valence-corrected chi connectivity index (χ0v) is 7.46. The molecule has 0 bridgehead atoms. The first-order valence-electron chi connectivity index (χ1n) is 4.14. The van der Waals surface area contributed by atoms with Crippen LogP contribution in [0.25, 0.3) is 0 Å². The Kier molecular flexibility index (Phi) is 2.52. The molecule has 1 heterocycles. The Balaban J connectivity index is 2.43. The molecule has 68 valence electrons. The number of epoxide rings is 1. The molecular weight excluding hydrogens is 156 g/mol. The largest absolute Gasteiger partial charge is 0.478 e. The van der Waals surface area contributed by atoms with Gasteiger partial charge in [-0.15, -0.1) is 0 Å². The number of ether oxygens (including phenoxy) is 1. The van der Waals surface area contributed by atoms with Gasteiger partial charge in [-0.05, 0) is 19.8 Å². The van der Waals surface area contributed by atoms with Crippen LogP contribution < -0.4 is 0 Å². The summed E-state index contributed by atoms with van der Waals surface area (Å²) >= 11 is 0. The average Bonchev–Trinajstić information content (AvgIpc) is 2.81.